The second-order valence-electron chi connectivity index (χ2n) is 4.50. The number of hydrogen-bond donors (Lipinski definition) is 3. The highest BCUT2D eigenvalue weighted by molar-refractivity contribution is 6.30. The molecule has 0 aliphatic carbocycles. The molecule has 0 fully saturated rings. The summed E-state index contributed by atoms with van der Waals surface area (Å²) in [6.45, 7) is 0. The summed E-state index contributed by atoms with van der Waals surface area (Å²) in [7, 11) is 0. The van der Waals surface area contributed by atoms with Gasteiger partial charge in [0, 0.05) is 10.0 Å². The van der Waals surface area contributed by atoms with Crippen LogP contribution in [0.3, 0.4) is 0 Å². The van der Waals surface area contributed by atoms with Crippen molar-refractivity contribution >= 4 is 35.3 Å². The number of halogens is 2. The zero-order valence-corrected chi connectivity index (χ0v) is 12.9. The quantitative estimate of drug-likeness (QED) is 0.801. The summed E-state index contributed by atoms with van der Waals surface area (Å²) in [5.74, 6) is 0. The normalized spacial score (nSPS) is 10.3. The van der Waals surface area contributed by atoms with Crippen molar-refractivity contribution in [3.05, 3.63) is 69.7 Å². The van der Waals surface area contributed by atoms with E-state index in [-0.39, 0.29) is 0 Å². The molecule has 0 radical (unpaired) electrons. The fourth-order valence-electron chi connectivity index (χ4n) is 1.95. The van der Waals surface area contributed by atoms with Gasteiger partial charge in [0.05, 0.1) is 6.04 Å². The van der Waals surface area contributed by atoms with Crippen LogP contribution in [-0.4, -0.2) is 12.1 Å². The highest BCUT2D eigenvalue weighted by atomic mass is 35.5. The lowest BCUT2D eigenvalue weighted by atomic mass is 9.99. The summed E-state index contributed by atoms with van der Waals surface area (Å²) in [5, 5.41) is 5.82. The Kier molecular flexibility index (Phi) is 5.25. The Morgan fingerprint density at radius 2 is 1.27 bits per heavy atom. The maximum absolute atomic E-state index is 11.8. The van der Waals surface area contributed by atoms with Gasteiger partial charge in [-0.05, 0) is 35.4 Å². The van der Waals surface area contributed by atoms with Crippen LogP contribution in [0.5, 0.6) is 0 Å². The van der Waals surface area contributed by atoms with Crippen LogP contribution in [0.4, 0.5) is 9.59 Å². The van der Waals surface area contributed by atoms with Crippen LogP contribution < -0.4 is 16.4 Å². The van der Waals surface area contributed by atoms with Crippen LogP contribution >= 0.6 is 23.2 Å². The van der Waals surface area contributed by atoms with E-state index in [2.05, 4.69) is 5.32 Å². The Hall–Kier alpha value is -2.24. The minimum absolute atomic E-state index is 0.478. The fraction of sp³-hybridized carbons (Fsp3) is 0.0667. The third-order valence-corrected chi connectivity index (χ3v) is 3.42. The number of primary amides is 1. The summed E-state index contributed by atoms with van der Waals surface area (Å²) in [5.41, 5.74) is 6.54. The van der Waals surface area contributed by atoms with Crippen molar-refractivity contribution in [1.82, 2.24) is 10.6 Å². The van der Waals surface area contributed by atoms with Crippen molar-refractivity contribution < 1.29 is 9.59 Å². The summed E-state index contributed by atoms with van der Waals surface area (Å²) >= 11 is 11.8. The topological polar surface area (TPSA) is 84.2 Å². The summed E-state index contributed by atoms with van der Waals surface area (Å²) in [4.78, 5) is 22.5. The molecule has 2 rings (SSSR count). The van der Waals surface area contributed by atoms with E-state index in [1.807, 2.05) is 5.32 Å². The van der Waals surface area contributed by atoms with Gasteiger partial charge in [0.25, 0.3) is 0 Å². The molecule has 4 amide bonds. The number of urea groups is 2. The molecule has 0 unspecified atom stereocenters. The summed E-state index contributed by atoms with van der Waals surface area (Å²) < 4.78 is 0. The second-order valence-corrected chi connectivity index (χ2v) is 5.37. The predicted octanol–water partition coefficient (Wildman–Crippen LogP) is 3.46. The SMILES string of the molecule is NC(=O)NC(=O)NC(c1ccc(Cl)cc1)c1ccc(Cl)cc1. The van der Waals surface area contributed by atoms with Crippen LogP contribution in [-0.2, 0) is 0 Å². The lowest BCUT2D eigenvalue weighted by Gasteiger charge is -2.20. The minimum atomic E-state index is -0.927. The summed E-state index contributed by atoms with van der Waals surface area (Å²) in [6.07, 6.45) is 0. The average molecular weight is 338 g/mol. The third kappa shape index (κ3) is 4.38. The first kappa shape index (κ1) is 16.1. The van der Waals surface area contributed by atoms with Crippen molar-refractivity contribution in [2.75, 3.05) is 0 Å². The zero-order valence-electron chi connectivity index (χ0n) is 11.3. The first-order chi connectivity index (χ1) is 10.5. The number of amides is 4. The predicted molar refractivity (Wildman–Crippen MR) is 86.0 cm³/mol. The lowest BCUT2D eigenvalue weighted by Crippen LogP contribution is -2.43. The van der Waals surface area contributed by atoms with Crippen molar-refractivity contribution in [2.45, 2.75) is 6.04 Å². The maximum atomic E-state index is 11.8. The van der Waals surface area contributed by atoms with Gasteiger partial charge in [-0.15, -0.1) is 0 Å². The maximum Gasteiger partial charge on any atom is 0.323 e. The monoisotopic (exact) mass is 337 g/mol. The van der Waals surface area contributed by atoms with Crippen molar-refractivity contribution in [3.63, 3.8) is 0 Å². The van der Waals surface area contributed by atoms with Gasteiger partial charge in [-0.3, -0.25) is 5.32 Å². The molecule has 0 aromatic heterocycles. The first-order valence-electron chi connectivity index (χ1n) is 6.33. The number of carbonyl (C=O) groups is 2. The Balaban J connectivity index is 2.31. The van der Waals surface area contributed by atoms with E-state index < -0.39 is 18.1 Å². The first-order valence-corrected chi connectivity index (χ1v) is 7.09. The molecule has 5 nitrogen and oxygen atoms in total. The fourth-order valence-corrected chi connectivity index (χ4v) is 2.20. The molecular formula is C15H13Cl2N3O2. The molecule has 2 aromatic rings. The Bertz CT molecular complexity index is 627. The van der Waals surface area contributed by atoms with E-state index in [4.69, 9.17) is 28.9 Å². The second kappa shape index (κ2) is 7.15. The molecule has 0 atom stereocenters. The van der Waals surface area contributed by atoms with Crippen molar-refractivity contribution in [3.8, 4) is 0 Å². The number of hydrogen-bond acceptors (Lipinski definition) is 2. The number of imide groups is 1. The van der Waals surface area contributed by atoms with E-state index in [0.29, 0.717) is 10.0 Å². The van der Waals surface area contributed by atoms with E-state index in [1.165, 1.54) is 0 Å². The van der Waals surface area contributed by atoms with E-state index in [1.54, 1.807) is 48.5 Å². The van der Waals surface area contributed by atoms with Gasteiger partial charge in [0.15, 0.2) is 0 Å². The molecule has 0 aliphatic heterocycles. The van der Waals surface area contributed by atoms with Crippen molar-refractivity contribution in [2.24, 2.45) is 5.73 Å². The Labute approximate surface area is 137 Å². The molecule has 0 saturated heterocycles. The minimum Gasteiger partial charge on any atom is -0.351 e. The summed E-state index contributed by atoms with van der Waals surface area (Å²) in [6, 6.07) is 11.9. The highest BCUT2D eigenvalue weighted by Crippen LogP contribution is 2.24. The largest absolute Gasteiger partial charge is 0.351 e. The molecular weight excluding hydrogens is 325 g/mol. The molecule has 0 aliphatic rings. The lowest BCUT2D eigenvalue weighted by molar-refractivity contribution is 0.230. The number of nitrogens with two attached hydrogens (primary N) is 1. The van der Waals surface area contributed by atoms with Gasteiger partial charge in [0.1, 0.15) is 0 Å². The Morgan fingerprint density at radius 1 is 0.864 bits per heavy atom. The number of carbonyl (C=O) groups excluding carboxylic acids is 2. The van der Waals surface area contributed by atoms with E-state index in [9.17, 15) is 9.59 Å². The van der Waals surface area contributed by atoms with Gasteiger partial charge in [-0.25, -0.2) is 9.59 Å². The zero-order chi connectivity index (χ0) is 16.1. The van der Waals surface area contributed by atoms with Crippen LogP contribution in [0.25, 0.3) is 0 Å². The van der Waals surface area contributed by atoms with Gasteiger partial charge >= 0.3 is 12.1 Å². The van der Waals surface area contributed by atoms with Gasteiger partial charge in [-0.1, -0.05) is 47.5 Å². The molecule has 0 bridgehead atoms. The average Bonchev–Trinajstić information content (AvgIpc) is 2.46. The number of rotatable bonds is 3. The molecule has 0 saturated carbocycles. The van der Waals surface area contributed by atoms with Gasteiger partial charge < -0.3 is 11.1 Å². The van der Waals surface area contributed by atoms with Gasteiger partial charge in [-0.2, -0.15) is 0 Å². The third-order valence-electron chi connectivity index (χ3n) is 2.92. The van der Waals surface area contributed by atoms with Crippen LogP contribution in [0.1, 0.15) is 17.2 Å². The van der Waals surface area contributed by atoms with Crippen molar-refractivity contribution in [1.29, 1.82) is 0 Å². The van der Waals surface area contributed by atoms with E-state index >= 15 is 0 Å². The highest BCUT2D eigenvalue weighted by Gasteiger charge is 2.17. The van der Waals surface area contributed by atoms with Gasteiger partial charge in [0.2, 0.25) is 0 Å². The van der Waals surface area contributed by atoms with E-state index in [0.717, 1.165) is 11.1 Å². The molecule has 114 valence electrons. The molecule has 7 heteroatoms. The Morgan fingerprint density at radius 3 is 1.64 bits per heavy atom. The molecule has 4 N–H and O–H groups in total. The molecule has 2 aromatic carbocycles. The van der Waals surface area contributed by atoms with Crippen LogP contribution in [0.15, 0.2) is 48.5 Å². The molecule has 0 spiro atoms. The molecule has 0 heterocycles. The molecule has 22 heavy (non-hydrogen) atoms. The smallest absolute Gasteiger partial charge is 0.323 e. The standard InChI is InChI=1S/C15H13Cl2N3O2/c16-11-5-1-9(2-6-11)13(19-15(22)20-14(18)21)10-3-7-12(17)8-4-10/h1-8,13H,(H4,18,19,20,21,22). The number of nitrogens with one attached hydrogen (secondary N) is 2. The number of benzene rings is 2. The van der Waals surface area contributed by atoms with Crippen LogP contribution in [0, 0.1) is 0 Å². The van der Waals surface area contributed by atoms with Crippen LogP contribution in [0.2, 0.25) is 10.0 Å².